The van der Waals surface area contributed by atoms with Gasteiger partial charge in [0.05, 0.1) is 6.61 Å². The molecule has 0 radical (unpaired) electrons. The molecule has 1 heterocycles. The molecular weight excluding hydrogens is 371 g/mol. The number of ether oxygens (including phenoxy) is 1. The lowest BCUT2D eigenvalue weighted by atomic mass is 9.86. The van der Waals surface area contributed by atoms with Crippen LogP contribution in [0.5, 0.6) is 5.75 Å². The molecule has 1 saturated heterocycles. The molecule has 0 unspecified atom stereocenters. The summed E-state index contributed by atoms with van der Waals surface area (Å²) in [6.45, 7) is 2.15. The molecule has 2 aliphatic rings. The molecule has 8 heteroatoms. The normalized spacial score (nSPS) is 21.6. The van der Waals surface area contributed by atoms with Crippen LogP contribution in [0.25, 0.3) is 0 Å². The Morgan fingerprint density at radius 1 is 1.25 bits per heavy atom. The number of halogens is 2. The van der Waals surface area contributed by atoms with Crippen LogP contribution < -0.4 is 14.8 Å². The Morgan fingerprint density at radius 2 is 2.04 bits per heavy atom. The van der Waals surface area contributed by atoms with E-state index < -0.39 is 10.0 Å². The van der Waals surface area contributed by atoms with Gasteiger partial charge >= 0.3 is 0 Å². The molecule has 1 aromatic carbocycles. The molecule has 5 nitrogen and oxygen atoms in total. The van der Waals surface area contributed by atoms with Gasteiger partial charge in [-0.3, -0.25) is 0 Å². The first kappa shape index (κ1) is 19.8. The van der Waals surface area contributed by atoms with E-state index in [9.17, 15) is 8.42 Å². The van der Waals surface area contributed by atoms with Crippen LogP contribution in [0.4, 0.5) is 0 Å². The summed E-state index contributed by atoms with van der Waals surface area (Å²) in [6.07, 6.45) is 5.35. The fourth-order valence-corrected chi connectivity index (χ4v) is 4.59. The van der Waals surface area contributed by atoms with E-state index in [2.05, 4.69) is 10.0 Å². The lowest BCUT2D eigenvalue weighted by Gasteiger charge is -2.26. The predicted octanol–water partition coefficient (Wildman–Crippen LogP) is 2.97. The van der Waals surface area contributed by atoms with E-state index in [4.69, 9.17) is 16.3 Å². The maximum atomic E-state index is 12.7. The average molecular weight is 395 g/mol. The summed E-state index contributed by atoms with van der Waals surface area (Å²) >= 11 is 6.01. The molecule has 24 heavy (non-hydrogen) atoms. The van der Waals surface area contributed by atoms with Crippen molar-refractivity contribution < 1.29 is 13.2 Å². The van der Waals surface area contributed by atoms with Crippen LogP contribution in [-0.2, 0) is 10.0 Å². The van der Waals surface area contributed by atoms with Gasteiger partial charge in [0, 0.05) is 17.6 Å². The minimum Gasteiger partial charge on any atom is -0.492 e. The highest BCUT2D eigenvalue weighted by Crippen LogP contribution is 2.31. The molecule has 1 aliphatic heterocycles. The Bertz CT molecular complexity index is 645. The Hall–Kier alpha value is -0.530. The van der Waals surface area contributed by atoms with Gasteiger partial charge in [0.15, 0.2) is 0 Å². The zero-order chi connectivity index (χ0) is 16.3. The number of nitrogens with one attached hydrogen (secondary N) is 2. The monoisotopic (exact) mass is 394 g/mol. The Morgan fingerprint density at radius 3 is 2.67 bits per heavy atom. The maximum Gasteiger partial charge on any atom is 0.244 e. The van der Waals surface area contributed by atoms with Crippen molar-refractivity contribution >= 4 is 34.0 Å². The number of hydrogen-bond donors (Lipinski definition) is 2. The van der Waals surface area contributed by atoms with E-state index in [-0.39, 0.29) is 23.3 Å². The van der Waals surface area contributed by atoms with Gasteiger partial charge < -0.3 is 10.1 Å². The minimum absolute atomic E-state index is 0. The molecule has 1 saturated carbocycles. The predicted molar refractivity (Wildman–Crippen MR) is 97.7 cm³/mol. The van der Waals surface area contributed by atoms with E-state index >= 15 is 0 Å². The number of sulfonamides is 1. The zero-order valence-electron chi connectivity index (χ0n) is 13.5. The topological polar surface area (TPSA) is 67.4 Å². The van der Waals surface area contributed by atoms with Gasteiger partial charge in [0.2, 0.25) is 10.0 Å². The van der Waals surface area contributed by atoms with Crippen molar-refractivity contribution in [2.75, 3.05) is 19.7 Å². The van der Waals surface area contributed by atoms with Crippen LogP contribution in [-0.4, -0.2) is 34.2 Å². The van der Waals surface area contributed by atoms with Crippen molar-refractivity contribution in [3.05, 3.63) is 23.2 Å². The van der Waals surface area contributed by atoms with Crippen molar-refractivity contribution in [1.82, 2.24) is 10.0 Å². The van der Waals surface area contributed by atoms with Crippen molar-refractivity contribution in [2.45, 2.75) is 43.0 Å². The summed E-state index contributed by atoms with van der Waals surface area (Å²) in [5, 5.41) is 3.60. The lowest BCUT2D eigenvalue weighted by molar-refractivity contribution is 0.177. The molecule has 0 aromatic heterocycles. The van der Waals surface area contributed by atoms with Crippen LogP contribution >= 0.6 is 24.0 Å². The third-order valence-electron chi connectivity index (χ3n) is 4.51. The van der Waals surface area contributed by atoms with Gasteiger partial charge in [-0.1, -0.05) is 18.0 Å². The fraction of sp³-hybridized carbons (Fsp3) is 0.625. The average Bonchev–Trinajstić information content (AvgIpc) is 2.47. The van der Waals surface area contributed by atoms with Gasteiger partial charge in [-0.25, -0.2) is 13.1 Å². The van der Waals surface area contributed by atoms with Crippen molar-refractivity contribution in [2.24, 2.45) is 5.92 Å². The third-order valence-corrected chi connectivity index (χ3v) is 6.29. The van der Waals surface area contributed by atoms with Gasteiger partial charge in [-0.2, -0.15) is 0 Å². The molecule has 1 aliphatic carbocycles. The Labute approximate surface area is 154 Å². The minimum atomic E-state index is -3.65. The first-order chi connectivity index (χ1) is 11.0. The molecule has 2 N–H and O–H groups in total. The first-order valence-electron chi connectivity index (χ1n) is 8.20. The van der Waals surface area contributed by atoms with E-state index in [1.54, 1.807) is 12.1 Å². The van der Waals surface area contributed by atoms with Gasteiger partial charge in [-0.05, 0) is 56.3 Å². The second-order valence-corrected chi connectivity index (χ2v) is 8.48. The Kier molecular flexibility index (Phi) is 7.19. The summed E-state index contributed by atoms with van der Waals surface area (Å²) in [5.74, 6) is 0.925. The van der Waals surface area contributed by atoms with Crippen LogP contribution in [0.1, 0.15) is 32.1 Å². The number of hydrogen-bond acceptors (Lipinski definition) is 4. The van der Waals surface area contributed by atoms with E-state index in [0.29, 0.717) is 29.8 Å². The largest absolute Gasteiger partial charge is 0.492 e. The highest BCUT2D eigenvalue weighted by atomic mass is 35.5. The van der Waals surface area contributed by atoms with Gasteiger partial charge in [0.25, 0.3) is 0 Å². The summed E-state index contributed by atoms with van der Waals surface area (Å²) in [7, 11) is -3.65. The third kappa shape index (κ3) is 4.99. The van der Waals surface area contributed by atoms with Crippen LogP contribution in [0.15, 0.2) is 23.1 Å². The van der Waals surface area contributed by atoms with Crippen molar-refractivity contribution in [3.8, 4) is 5.75 Å². The molecular formula is C16H24Cl2N2O3S. The lowest BCUT2D eigenvalue weighted by Crippen LogP contribution is -2.45. The summed E-state index contributed by atoms with van der Waals surface area (Å²) in [5.41, 5.74) is 0. The van der Waals surface area contributed by atoms with E-state index in [1.807, 2.05) is 0 Å². The smallest absolute Gasteiger partial charge is 0.244 e. The van der Waals surface area contributed by atoms with E-state index in [1.165, 1.54) is 12.5 Å². The number of benzene rings is 1. The standard InChI is InChI=1S/C16H23ClN2O3S.ClH/c17-13-6-7-15(22-11-12-3-1-4-12)16(9-13)23(20,21)19-14-5-2-8-18-10-14;/h6-7,9,12,14,18-19H,1-5,8,10-11H2;1H/t14-;/m0./s1. The molecule has 136 valence electrons. The Balaban J connectivity index is 0.00000208. The molecule has 2 fully saturated rings. The van der Waals surface area contributed by atoms with Crippen LogP contribution in [0.2, 0.25) is 5.02 Å². The van der Waals surface area contributed by atoms with Crippen LogP contribution in [0, 0.1) is 5.92 Å². The zero-order valence-corrected chi connectivity index (χ0v) is 15.9. The summed E-state index contributed by atoms with van der Waals surface area (Å²) in [6, 6.07) is 4.69. The highest BCUT2D eigenvalue weighted by molar-refractivity contribution is 7.89. The highest BCUT2D eigenvalue weighted by Gasteiger charge is 2.26. The molecule has 0 spiro atoms. The second kappa shape index (κ2) is 8.72. The molecule has 0 amide bonds. The first-order valence-corrected chi connectivity index (χ1v) is 10.1. The second-order valence-electron chi connectivity index (χ2n) is 6.36. The molecule has 3 rings (SSSR count). The summed E-state index contributed by atoms with van der Waals surface area (Å²) in [4.78, 5) is 0.134. The summed E-state index contributed by atoms with van der Waals surface area (Å²) < 4.78 is 34.0. The van der Waals surface area contributed by atoms with Crippen LogP contribution in [0.3, 0.4) is 0 Å². The molecule has 1 aromatic rings. The van der Waals surface area contributed by atoms with Crippen molar-refractivity contribution in [3.63, 3.8) is 0 Å². The van der Waals surface area contributed by atoms with Gasteiger partial charge in [-0.15, -0.1) is 12.4 Å². The molecule has 0 bridgehead atoms. The number of rotatable bonds is 6. The maximum absolute atomic E-state index is 12.7. The molecule has 1 atom stereocenters. The quantitative estimate of drug-likeness (QED) is 0.777. The van der Waals surface area contributed by atoms with Crippen molar-refractivity contribution in [1.29, 1.82) is 0 Å². The SMILES string of the molecule is Cl.O=S(=O)(N[C@H]1CCCNC1)c1cc(Cl)ccc1OCC1CCC1. The van der Waals surface area contributed by atoms with E-state index in [0.717, 1.165) is 32.2 Å². The van der Waals surface area contributed by atoms with Gasteiger partial charge in [0.1, 0.15) is 10.6 Å². The fourth-order valence-electron chi connectivity index (χ4n) is 2.91. The number of piperidine rings is 1.